The zero-order valence-corrected chi connectivity index (χ0v) is 9.97. The number of halogens is 1. The fourth-order valence-corrected chi connectivity index (χ4v) is 1.07. The van der Waals surface area contributed by atoms with Crippen molar-refractivity contribution in [3.63, 3.8) is 0 Å². The van der Waals surface area contributed by atoms with Gasteiger partial charge < -0.3 is 4.74 Å². The smallest absolute Gasteiger partial charge is 0.160 e. The van der Waals surface area contributed by atoms with E-state index in [0.717, 1.165) is 5.56 Å². The summed E-state index contributed by atoms with van der Waals surface area (Å²) >= 11 is 5.76. The van der Waals surface area contributed by atoms with Gasteiger partial charge in [-0.25, -0.2) is 0 Å². The van der Waals surface area contributed by atoms with Crippen molar-refractivity contribution in [2.75, 3.05) is 0 Å². The van der Waals surface area contributed by atoms with Crippen molar-refractivity contribution in [1.82, 2.24) is 0 Å². The summed E-state index contributed by atoms with van der Waals surface area (Å²) in [6.07, 6.45) is 0. The average Bonchev–Trinajstić information content (AvgIpc) is 2.17. The summed E-state index contributed by atoms with van der Waals surface area (Å²) in [4.78, 5) is 11.2. The van der Waals surface area contributed by atoms with Gasteiger partial charge in [-0.15, -0.1) is 0 Å². The zero-order chi connectivity index (χ0) is 11.5. The predicted molar refractivity (Wildman–Crippen MR) is 61.0 cm³/mol. The Bertz CT molecular complexity index is 341. The highest BCUT2D eigenvalue weighted by Gasteiger charge is 2.23. The van der Waals surface area contributed by atoms with Crippen LogP contribution >= 0.6 is 11.6 Å². The molecule has 1 aromatic carbocycles. The molecule has 3 heteroatoms. The molecule has 0 aliphatic heterocycles. The van der Waals surface area contributed by atoms with E-state index in [9.17, 15) is 4.79 Å². The van der Waals surface area contributed by atoms with E-state index >= 15 is 0 Å². The van der Waals surface area contributed by atoms with Crippen LogP contribution in [0.5, 0.6) is 0 Å². The Kier molecular flexibility index (Phi) is 3.89. The minimum absolute atomic E-state index is 0.0245. The summed E-state index contributed by atoms with van der Waals surface area (Å²) < 4.78 is 5.52. The second-order valence-corrected chi connectivity index (χ2v) is 4.42. The lowest BCUT2D eigenvalue weighted by Crippen LogP contribution is -2.32. The molecule has 0 saturated heterocycles. The first kappa shape index (κ1) is 12.2. The van der Waals surface area contributed by atoms with Crippen molar-refractivity contribution in [2.45, 2.75) is 33.0 Å². The first-order valence-electron chi connectivity index (χ1n) is 4.81. The van der Waals surface area contributed by atoms with Gasteiger partial charge in [0.05, 0.1) is 6.61 Å². The highest BCUT2D eigenvalue weighted by molar-refractivity contribution is 6.30. The molecule has 0 bridgehead atoms. The van der Waals surface area contributed by atoms with Crippen LogP contribution in [0.15, 0.2) is 24.3 Å². The van der Waals surface area contributed by atoms with Crippen LogP contribution < -0.4 is 0 Å². The van der Waals surface area contributed by atoms with Crippen LogP contribution in [0.2, 0.25) is 5.02 Å². The molecular weight excluding hydrogens is 212 g/mol. The summed E-state index contributed by atoms with van der Waals surface area (Å²) in [5.74, 6) is 0.0245. The Morgan fingerprint density at radius 3 is 2.33 bits per heavy atom. The maximum absolute atomic E-state index is 11.2. The molecule has 0 aliphatic carbocycles. The van der Waals surface area contributed by atoms with Crippen LogP contribution in [-0.4, -0.2) is 11.4 Å². The van der Waals surface area contributed by atoms with Gasteiger partial charge in [-0.3, -0.25) is 4.79 Å². The van der Waals surface area contributed by atoms with Crippen molar-refractivity contribution < 1.29 is 9.53 Å². The van der Waals surface area contributed by atoms with Crippen LogP contribution in [0.3, 0.4) is 0 Å². The molecule has 0 aliphatic rings. The molecule has 0 unspecified atom stereocenters. The first-order chi connectivity index (χ1) is 6.92. The maximum atomic E-state index is 11.2. The van der Waals surface area contributed by atoms with E-state index in [-0.39, 0.29) is 5.78 Å². The van der Waals surface area contributed by atoms with Gasteiger partial charge in [0.15, 0.2) is 5.78 Å². The van der Waals surface area contributed by atoms with Crippen LogP contribution in [0.1, 0.15) is 26.3 Å². The van der Waals surface area contributed by atoms with E-state index in [1.54, 1.807) is 26.0 Å². The molecule has 0 amide bonds. The number of hydrogen-bond donors (Lipinski definition) is 0. The van der Waals surface area contributed by atoms with Gasteiger partial charge in [0.2, 0.25) is 0 Å². The number of carbonyl (C=O) groups is 1. The molecule has 0 atom stereocenters. The summed E-state index contributed by atoms with van der Waals surface area (Å²) in [6.45, 7) is 5.49. The zero-order valence-electron chi connectivity index (χ0n) is 9.21. The topological polar surface area (TPSA) is 26.3 Å². The number of rotatable bonds is 4. The van der Waals surface area contributed by atoms with E-state index in [0.29, 0.717) is 11.6 Å². The molecule has 0 spiro atoms. The highest BCUT2D eigenvalue weighted by atomic mass is 35.5. The SMILES string of the molecule is CC(=O)C(C)(C)OCc1ccc(Cl)cc1. The highest BCUT2D eigenvalue weighted by Crippen LogP contribution is 2.15. The summed E-state index contributed by atoms with van der Waals surface area (Å²) in [5.41, 5.74) is 0.285. The second-order valence-electron chi connectivity index (χ2n) is 3.98. The number of ether oxygens (including phenoxy) is 1. The largest absolute Gasteiger partial charge is 0.363 e. The van der Waals surface area contributed by atoms with Gasteiger partial charge in [0.25, 0.3) is 0 Å². The van der Waals surface area contributed by atoms with Gasteiger partial charge in [0.1, 0.15) is 5.60 Å². The molecule has 0 fully saturated rings. The molecule has 0 aromatic heterocycles. The lowest BCUT2D eigenvalue weighted by Gasteiger charge is -2.21. The minimum Gasteiger partial charge on any atom is -0.363 e. The second kappa shape index (κ2) is 4.77. The van der Waals surface area contributed by atoms with Crippen LogP contribution in [0.25, 0.3) is 0 Å². The standard InChI is InChI=1S/C12H15ClO2/c1-9(14)12(2,3)15-8-10-4-6-11(13)7-5-10/h4-7H,8H2,1-3H3. The lowest BCUT2D eigenvalue weighted by molar-refractivity contribution is -0.139. The molecule has 15 heavy (non-hydrogen) atoms. The summed E-state index contributed by atoms with van der Waals surface area (Å²) in [5, 5.41) is 0.699. The van der Waals surface area contributed by atoms with Crippen LogP contribution in [0, 0.1) is 0 Å². The van der Waals surface area contributed by atoms with Crippen molar-refractivity contribution in [3.05, 3.63) is 34.9 Å². The van der Waals surface area contributed by atoms with E-state index in [1.807, 2.05) is 12.1 Å². The molecule has 0 saturated carbocycles. The molecule has 82 valence electrons. The van der Waals surface area contributed by atoms with E-state index in [1.165, 1.54) is 6.92 Å². The Morgan fingerprint density at radius 1 is 1.33 bits per heavy atom. The van der Waals surface area contributed by atoms with E-state index < -0.39 is 5.60 Å². The number of hydrogen-bond acceptors (Lipinski definition) is 2. The Hall–Kier alpha value is -0.860. The predicted octanol–water partition coefficient (Wildman–Crippen LogP) is 3.22. The third-order valence-corrected chi connectivity index (χ3v) is 2.61. The summed E-state index contributed by atoms with van der Waals surface area (Å²) in [6, 6.07) is 7.39. The van der Waals surface area contributed by atoms with E-state index in [4.69, 9.17) is 16.3 Å². The van der Waals surface area contributed by atoms with Crippen molar-refractivity contribution >= 4 is 17.4 Å². The molecule has 1 rings (SSSR count). The molecular formula is C12H15ClO2. The molecule has 0 N–H and O–H groups in total. The average molecular weight is 227 g/mol. The third kappa shape index (κ3) is 3.65. The van der Waals surface area contributed by atoms with Gasteiger partial charge >= 0.3 is 0 Å². The van der Waals surface area contributed by atoms with Gasteiger partial charge in [-0.1, -0.05) is 23.7 Å². The third-order valence-electron chi connectivity index (χ3n) is 2.36. The minimum atomic E-state index is -0.723. The van der Waals surface area contributed by atoms with Crippen molar-refractivity contribution in [1.29, 1.82) is 0 Å². The number of ketones is 1. The number of carbonyl (C=O) groups excluding carboxylic acids is 1. The monoisotopic (exact) mass is 226 g/mol. The molecule has 1 aromatic rings. The lowest BCUT2D eigenvalue weighted by atomic mass is 10.1. The fraction of sp³-hybridized carbons (Fsp3) is 0.417. The van der Waals surface area contributed by atoms with Gasteiger partial charge in [-0.2, -0.15) is 0 Å². The Morgan fingerprint density at radius 2 is 1.87 bits per heavy atom. The first-order valence-corrected chi connectivity index (χ1v) is 5.19. The number of benzene rings is 1. The quantitative estimate of drug-likeness (QED) is 0.788. The maximum Gasteiger partial charge on any atom is 0.160 e. The van der Waals surface area contributed by atoms with Crippen molar-refractivity contribution in [2.24, 2.45) is 0 Å². The van der Waals surface area contributed by atoms with Crippen molar-refractivity contribution in [3.8, 4) is 0 Å². The Balaban J connectivity index is 2.57. The fourth-order valence-electron chi connectivity index (χ4n) is 0.946. The molecule has 0 radical (unpaired) electrons. The molecule has 0 heterocycles. The van der Waals surface area contributed by atoms with Gasteiger partial charge in [-0.05, 0) is 38.5 Å². The van der Waals surface area contributed by atoms with Crippen LogP contribution in [0.4, 0.5) is 0 Å². The van der Waals surface area contributed by atoms with Crippen LogP contribution in [-0.2, 0) is 16.1 Å². The Labute approximate surface area is 95.2 Å². The number of Topliss-reactive ketones (excluding diaryl/α,β-unsaturated/α-hetero) is 1. The van der Waals surface area contributed by atoms with Gasteiger partial charge in [0, 0.05) is 5.02 Å². The molecule has 2 nitrogen and oxygen atoms in total. The summed E-state index contributed by atoms with van der Waals surface area (Å²) in [7, 11) is 0. The normalized spacial score (nSPS) is 11.5. The van der Waals surface area contributed by atoms with E-state index in [2.05, 4.69) is 0 Å².